The monoisotopic (exact) mass is 548 g/mol. The molecule has 5 rings (SSSR count). The van der Waals surface area contributed by atoms with Crippen molar-refractivity contribution >= 4 is 39.6 Å². The van der Waals surface area contributed by atoms with E-state index in [2.05, 4.69) is 16.4 Å². The zero-order valence-electron chi connectivity index (χ0n) is 21.3. The minimum absolute atomic E-state index is 0.166. The molecule has 1 aliphatic heterocycles. The molecule has 0 unspecified atom stereocenters. The molecular weight excluding hydrogens is 523 g/mol. The molecule has 1 atom stereocenters. The second kappa shape index (κ2) is 10.9. The SMILES string of the molecule is CC1(C)OC[C@@H](COc2cc3ncc(C#N)c(Nc4ccc(OCc5cccc(F)c5)c(Cl)c4)c3cc2N)O1. The zero-order chi connectivity index (χ0) is 27.6. The van der Waals surface area contributed by atoms with Crippen LogP contribution in [0.2, 0.25) is 5.02 Å². The molecule has 1 saturated heterocycles. The molecule has 0 radical (unpaired) electrons. The number of rotatable bonds is 8. The normalized spacial score (nSPS) is 16.1. The van der Waals surface area contributed by atoms with E-state index in [9.17, 15) is 9.65 Å². The molecule has 39 heavy (non-hydrogen) atoms. The summed E-state index contributed by atoms with van der Waals surface area (Å²) in [5.74, 6) is -0.0762. The van der Waals surface area contributed by atoms with Gasteiger partial charge >= 0.3 is 0 Å². The van der Waals surface area contributed by atoms with Crippen molar-refractivity contribution in [3.05, 3.63) is 82.8 Å². The summed E-state index contributed by atoms with van der Waals surface area (Å²) in [6.45, 7) is 4.56. The summed E-state index contributed by atoms with van der Waals surface area (Å²) in [6.07, 6.45) is 1.27. The lowest BCUT2D eigenvalue weighted by molar-refractivity contribution is -0.141. The molecule has 1 fully saturated rings. The number of fused-ring (bicyclic) bond motifs is 1. The molecule has 10 heteroatoms. The number of aromatic nitrogens is 1. The number of nitriles is 1. The third-order valence-electron chi connectivity index (χ3n) is 6.10. The Morgan fingerprint density at radius 2 is 2.03 bits per heavy atom. The first-order chi connectivity index (χ1) is 18.7. The van der Waals surface area contributed by atoms with Gasteiger partial charge in [-0.15, -0.1) is 0 Å². The number of hydrogen-bond acceptors (Lipinski definition) is 8. The fourth-order valence-electron chi connectivity index (χ4n) is 4.24. The minimum atomic E-state index is -0.646. The van der Waals surface area contributed by atoms with E-state index in [-0.39, 0.29) is 25.1 Å². The van der Waals surface area contributed by atoms with E-state index < -0.39 is 5.79 Å². The van der Waals surface area contributed by atoms with Crippen molar-refractivity contribution in [2.24, 2.45) is 0 Å². The van der Waals surface area contributed by atoms with Crippen LogP contribution >= 0.6 is 11.6 Å². The number of nitrogen functional groups attached to an aromatic ring is 1. The number of hydrogen-bond donors (Lipinski definition) is 2. The highest BCUT2D eigenvalue weighted by molar-refractivity contribution is 6.32. The Morgan fingerprint density at radius 1 is 1.18 bits per heavy atom. The lowest BCUT2D eigenvalue weighted by Gasteiger charge is -2.18. The van der Waals surface area contributed by atoms with Gasteiger partial charge in [0, 0.05) is 23.3 Å². The predicted molar refractivity (Wildman–Crippen MR) is 147 cm³/mol. The second-order valence-corrected chi connectivity index (χ2v) is 9.92. The Hall–Kier alpha value is -4.10. The number of nitrogens with zero attached hydrogens (tertiary/aromatic N) is 2. The van der Waals surface area contributed by atoms with Crippen molar-refractivity contribution in [1.82, 2.24) is 4.98 Å². The zero-order valence-corrected chi connectivity index (χ0v) is 22.1. The molecule has 1 aliphatic rings. The molecule has 4 aromatic rings. The summed E-state index contributed by atoms with van der Waals surface area (Å²) >= 11 is 6.47. The standard InChI is InChI=1S/C29H26ClFN4O4/c1-29(2)38-16-21(39-29)15-37-27-11-25-22(10-24(27)33)28(18(12-32)13-34-25)35-20-6-7-26(23(30)9-20)36-14-17-4-3-5-19(31)8-17/h3-11,13,21H,14-16,33H2,1-2H3,(H,34,35)/t21-/m1/s1. The van der Waals surface area contributed by atoms with Crippen LogP contribution in [0.4, 0.5) is 21.5 Å². The molecular formula is C29H26ClFN4O4. The minimum Gasteiger partial charge on any atom is -0.489 e. The van der Waals surface area contributed by atoms with Gasteiger partial charge in [0.2, 0.25) is 0 Å². The van der Waals surface area contributed by atoms with Crippen LogP contribution in [0, 0.1) is 17.1 Å². The molecule has 0 amide bonds. The molecule has 0 bridgehead atoms. The number of nitrogens with one attached hydrogen (secondary N) is 1. The van der Waals surface area contributed by atoms with Crippen molar-refractivity contribution in [3.63, 3.8) is 0 Å². The number of pyridine rings is 1. The highest BCUT2D eigenvalue weighted by Gasteiger charge is 2.33. The maximum atomic E-state index is 13.4. The van der Waals surface area contributed by atoms with Gasteiger partial charge in [-0.25, -0.2) is 4.39 Å². The molecule has 2 heterocycles. The van der Waals surface area contributed by atoms with E-state index >= 15 is 0 Å². The smallest absolute Gasteiger partial charge is 0.163 e. The van der Waals surface area contributed by atoms with Crippen LogP contribution in [0.5, 0.6) is 11.5 Å². The van der Waals surface area contributed by atoms with Gasteiger partial charge in [0.25, 0.3) is 0 Å². The summed E-state index contributed by atoms with van der Waals surface area (Å²) in [6, 6.07) is 16.9. The quantitative estimate of drug-likeness (QED) is 0.245. The summed E-state index contributed by atoms with van der Waals surface area (Å²) in [5.41, 5.74) is 9.46. The number of halogens is 2. The van der Waals surface area contributed by atoms with Gasteiger partial charge in [0.05, 0.1) is 34.1 Å². The summed E-state index contributed by atoms with van der Waals surface area (Å²) in [7, 11) is 0. The fourth-order valence-corrected chi connectivity index (χ4v) is 4.47. The van der Waals surface area contributed by atoms with Crippen molar-refractivity contribution in [1.29, 1.82) is 5.26 Å². The molecule has 0 spiro atoms. The Bertz CT molecular complexity index is 1570. The Morgan fingerprint density at radius 3 is 2.74 bits per heavy atom. The van der Waals surface area contributed by atoms with Crippen LogP contribution in [0.25, 0.3) is 10.9 Å². The second-order valence-electron chi connectivity index (χ2n) is 9.52. The number of anilines is 3. The Kier molecular flexibility index (Phi) is 7.44. The van der Waals surface area contributed by atoms with E-state index in [1.807, 2.05) is 13.8 Å². The topological polar surface area (TPSA) is 112 Å². The first-order valence-electron chi connectivity index (χ1n) is 12.2. The third-order valence-corrected chi connectivity index (χ3v) is 6.39. The van der Waals surface area contributed by atoms with E-state index in [0.29, 0.717) is 62.2 Å². The molecule has 1 aromatic heterocycles. The van der Waals surface area contributed by atoms with Crippen LogP contribution in [0.3, 0.4) is 0 Å². The highest BCUT2D eigenvalue weighted by atomic mass is 35.5. The number of benzene rings is 3. The van der Waals surface area contributed by atoms with Gasteiger partial charge in [-0.3, -0.25) is 4.98 Å². The fraction of sp³-hybridized carbons (Fsp3) is 0.241. The van der Waals surface area contributed by atoms with Crippen molar-refractivity contribution < 1.29 is 23.3 Å². The Balaban J connectivity index is 1.35. The largest absolute Gasteiger partial charge is 0.489 e. The van der Waals surface area contributed by atoms with E-state index in [1.54, 1.807) is 42.5 Å². The molecule has 0 aliphatic carbocycles. The molecule has 0 saturated carbocycles. The van der Waals surface area contributed by atoms with E-state index in [1.165, 1.54) is 18.3 Å². The average molecular weight is 549 g/mol. The van der Waals surface area contributed by atoms with Crippen LogP contribution in [-0.4, -0.2) is 30.1 Å². The lowest BCUT2D eigenvalue weighted by atomic mass is 10.1. The molecule has 200 valence electrons. The first kappa shape index (κ1) is 26.5. The van der Waals surface area contributed by atoms with Crippen molar-refractivity contribution in [2.75, 3.05) is 24.3 Å². The lowest BCUT2D eigenvalue weighted by Crippen LogP contribution is -2.25. The van der Waals surface area contributed by atoms with Gasteiger partial charge in [-0.05, 0) is 55.8 Å². The van der Waals surface area contributed by atoms with Gasteiger partial charge < -0.3 is 30.0 Å². The summed E-state index contributed by atoms with van der Waals surface area (Å²) in [5, 5.41) is 14.0. The van der Waals surface area contributed by atoms with E-state index in [0.717, 1.165) is 0 Å². The number of nitrogens with two attached hydrogens (primary N) is 1. The van der Waals surface area contributed by atoms with Gasteiger partial charge in [-0.1, -0.05) is 23.7 Å². The van der Waals surface area contributed by atoms with Crippen LogP contribution < -0.4 is 20.5 Å². The predicted octanol–water partition coefficient (Wildman–Crippen LogP) is 6.33. The molecule has 3 aromatic carbocycles. The van der Waals surface area contributed by atoms with Crippen LogP contribution in [0.1, 0.15) is 25.0 Å². The Labute approximate surface area is 230 Å². The average Bonchev–Trinajstić information content (AvgIpc) is 3.26. The van der Waals surface area contributed by atoms with Crippen molar-refractivity contribution in [2.45, 2.75) is 32.3 Å². The molecule has 8 nitrogen and oxygen atoms in total. The highest BCUT2D eigenvalue weighted by Crippen LogP contribution is 2.36. The van der Waals surface area contributed by atoms with Gasteiger partial charge in [0.15, 0.2) is 5.79 Å². The van der Waals surface area contributed by atoms with Crippen molar-refractivity contribution in [3.8, 4) is 17.6 Å². The summed E-state index contributed by atoms with van der Waals surface area (Å²) < 4.78 is 36.5. The first-order valence-corrected chi connectivity index (χ1v) is 12.6. The maximum Gasteiger partial charge on any atom is 0.163 e. The van der Waals surface area contributed by atoms with Gasteiger partial charge in [0.1, 0.15) is 42.7 Å². The summed E-state index contributed by atoms with van der Waals surface area (Å²) in [4.78, 5) is 4.42. The van der Waals surface area contributed by atoms with Crippen LogP contribution in [-0.2, 0) is 16.1 Å². The van der Waals surface area contributed by atoms with E-state index in [4.69, 9.17) is 36.3 Å². The van der Waals surface area contributed by atoms with Crippen LogP contribution in [0.15, 0.2) is 60.8 Å². The van der Waals surface area contributed by atoms with Gasteiger partial charge in [-0.2, -0.15) is 5.26 Å². The molecule has 3 N–H and O–H groups in total. The number of ether oxygens (including phenoxy) is 4. The third kappa shape index (κ3) is 6.15. The maximum absolute atomic E-state index is 13.4.